The molecule has 1 aromatic rings. The molecule has 1 fully saturated rings. The molecule has 0 bridgehead atoms. The Morgan fingerprint density at radius 3 is 2.78 bits per heavy atom. The molecule has 0 amide bonds. The largest absolute Gasteiger partial charge is 0.497 e. The van der Waals surface area contributed by atoms with E-state index in [2.05, 4.69) is 5.32 Å². The van der Waals surface area contributed by atoms with Gasteiger partial charge >= 0.3 is 0 Å². The summed E-state index contributed by atoms with van der Waals surface area (Å²) in [6.45, 7) is 1.59. The molecule has 0 unspecified atom stereocenters. The van der Waals surface area contributed by atoms with E-state index < -0.39 is 0 Å². The fourth-order valence-corrected chi connectivity index (χ4v) is 2.22. The van der Waals surface area contributed by atoms with Crippen LogP contribution in [0.25, 0.3) is 0 Å². The SMILES string of the molecule is COc1ccc(C(N)=S)c(NC2CCOCC2)c1. The van der Waals surface area contributed by atoms with E-state index in [4.69, 9.17) is 27.4 Å². The molecule has 0 aromatic heterocycles. The quantitative estimate of drug-likeness (QED) is 0.815. The van der Waals surface area contributed by atoms with Crippen molar-refractivity contribution in [3.63, 3.8) is 0 Å². The van der Waals surface area contributed by atoms with Crippen LogP contribution in [-0.4, -0.2) is 31.4 Å². The molecule has 98 valence electrons. The Morgan fingerprint density at radius 2 is 2.17 bits per heavy atom. The van der Waals surface area contributed by atoms with Crippen LogP contribution < -0.4 is 15.8 Å². The van der Waals surface area contributed by atoms with Crippen molar-refractivity contribution in [3.8, 4) is 5.75 Å². The molecule has 0 saturated carbocycles. The second kappa shape index (κ2) is 6.02. The molecule has 1 aliphatic heterocycles. The van der Waals surface area contributed by atoms with E-state index in [1.807, 2.05) is 18.2 Å². The maximum Gasteiger partial charge on any atom is 0.120 e. The summed E-state index contributed by atoms with van der Waals surface area (Å²) < 4.78 is 10.6. The predicted molar refractivity (Wildman–Crippen MR) is 76.3 cm³/mol. The summed E-state index contributed by atoms with van der Waals surface area (Å²) in [6, 6.07) is 6.09. The van der Waals surface area contributed by atoms with E-state index in [-0.39, 0.29) is 0 Å². The highest BCUT2D eigenvalue weighted by molar-refractivity contribution is 7.80. The van der Waals surface area contributed by atoms with Crippen molar-refractivity contribution >= 4 is 22.9 Å². The van der Waals surface area contributed by atoms with Gasteiger partial charge in [-0.05, 0) is 25.0 Å². The van der Waals surface area contributed by atoms with Gasteiger partial charge in [0.15, 0.2) is 0 Å². The summed E-state index contributed by atoms with van der Waals surface area (Å²) in [6.07, 6.45) is 1.99. The van der Waals surface area contributed by atoms with E-state index in [0.29, 0.717) is 11.0 Å². The van der Waals surface area contributed by atoms with Crippen molar-refractivity contribution in [3.05, 3.63) is 23.8 Å². The number of anilines is 1. The average Bonchev–Trinajstić information content (AvgIpc) is 2.39. The van der Waals surface area contributed by atoms with Crippen LogP contribution in [0.4, 0.5) is 5.69 Å². The molecule has 0 atom stereocenters. The Labute approximate surface area is 112 Å². The maximum atomic E-state index is 5.74. The summed E-state index contributed by atoms with van der Waals surface area (Å²) in [5.74, 6) is 0.796. The van der Waals surface area contributed by atoms with Gasteiger partial charge in [0, 0.05) is 36.6 Å². The van der Waals surface area contributed by atoms with E-state index in [1.54, 1.807) is 7.11 Å². The van der Waals surface area contributed by atoms with Crippen LogP contribution in [0.3, 0.4) is 0 Å². The molecule has 0 radical (unpaired) electrons. The van der Waals surface area contributed by atoms with Crippen molar-refractivity contribution in [2.45, 2.75) is 18.9 Å². The zero-order chi connectivity index (χ0) is 13.0. The number of hydrogen-bond donors (Lipinski definition) is 2. The van der Waals surface area contributed by atoms with Crippen molar-refractivity contribution < 1.29 is 9.47 Å². The predicted octanol–water partition coefficient (Wildman–Crippen LogP) is 1.92. The van der Waals surface area contributed by atoms with Gasteiger partial charge in [-0.2, -0.15) is 0 Å². The third kappa shape index (κ3) is 3.11. The molecule has 1 aliphatic rings. The summed E-state index contributed by atoms with van der Waals surface area (Å²) in [7, 11) is 1.65. The van der Waals surface area contributed by atoms with Crippen LogP contribution in [-0.2, 0) is 4.74 Å². The van der Waals surface area contributed by atoms with Crippen molar-refractivity contribution in [2.24, 2.45) is 5.73 Å². The van der Waals surface area contributed by atoms with Gasteiger partial charge in [0.1, 0.15) is 10.7 Å². The third-order valence-corrected chi connectivity index (χ3v) is 3.29. The molecule has 1 heterocycles. The first-order valence-electron chi connectivity index (χ1n) is 6.03. The normalized spacial score (nSPS) is 16.3. The molecule has 0 spiro atoms. The van der Waals surface area contributed by atoms with Gasteiger partial charge in [-0.1, -0.05) is 12.2 Å². The molecule has 4 nitrogen and oxygen atoms in total. The maximum absolute atomic E-state index is 5.74. The highest BCUT2D eigenvalue weighted by atomic mass is 32.1. The van der Waals surface area contributed by atoms with Gasteiger partial charge in [-0.25, -0.2) is 0 Å². The molecule has 0 aliphatic carbocycles. The van der Waals surface area contributed by atoms with Crippen LogP contribution in [0, 0.1) is 0 Å². The molecular weight excluding hydrogens is 248 g/mol. The van der Waals surface area contributed by atoms with Gasteiger partial charge in [-0.15, -0.1) is 0 Å². The van der Waals surface area contributed by atoms with Gasteiger partial charge in [-0.3, -0.25) is 0 Å². The lowest BCUT2D eigenvalue weighted by molar-refractivity contribution is 0.0904. The molecule has 3 N–H and O–H groups in total. The van der Waals surface area contributed by atoms with Crippen molar-refractivity contribution in [2.75, 3.05) is 25.6 Å². The van der Waals surface area contributed by atoms with E-state index in [0.717, 1.165) is 43.1 Å². The Morgan fingerprint density at radius 1 is 1.44 bits per heavy atom. The zero-order valence-corrected chi connectivity index (χ0v) is 11.3. The average molecular weight is 266 g/mol. The minimum atomic E-state index is 0.396. The molecule has 5 heteroatoms. The smallest absolute Gasteiger partial charge is 0.120 e. The van der Waals surface area contributed by atoms with Crippen LogP contribution in [0.5, 0.6) is 5.75 Å². The van der Waals surface area contributed by atoms with Crippen molar-refractivity contribution in [1.29, 1.82) is 0 Å². The van der Waals surface area contributed by atoms with Crippen LogP contribution in [0.15, 0.2) is 18.2 Å². The van der Waals surface area contributed by atoms with E-state index in [1.165, 1.54) is 0 Å². The second-order valence-corrected chi connectivity index (χ2v) is 4.75. The summed E-state index contributed by atoms with van der Waals surface area (Å²) in [5.41, 5.74) is 7.53. The van der Waals surface area contributed by atoms with Gasteiger partial charge in [0.05, 0.1) is 7.11 Å². The number of methoxy groups -OCH3 is 1. The first-order chi connectivity index (χ1) is 8.70. The van der Waals surface area contributed by atoms with Crippen molar-refractivity contribution in [1.82, 2.24) is 0 Å². The molecule has 2 rings (SSSR count). The highest BCUT2D eigenvalue weighted by Gasteiger charge is 2.16. The number of ether oxygens (including phenoxy) is 2. The Balaban J connectivity index is 2.19. The fraction of sp³-hybridized carbons (Fsp3) is 0.462. The number of benzene rings is 1. The minimum absolute atomic E-state index is 0.396. The Hall–Kier alpha value is -1.33. The Bertz CT molecular complexity index is 431. The molecular formula is C13H18N2O2S. The lowest BCUT2D eigenvalue weighted by Gasteiger charge is -2.25. The summed E-state index contributed by atoms with van der Waals surface area (Å²) in [4.78, 5) is 0.396. The van der Waals surface area contributed by atoms with E-state index in [9.17, 15) is 0 Å². The van der Waals surface area contributed by atoms with Crippen LogP contribution >= 0.6 is 12.2 Å². The topological polar surface area (TPSA) is 56.5 Å². The van der Waals surface area contributed by atoms with Gasteiger partial charge in [0.25, 0.3) is 0 Å². The summed E-state index contributed by atoms with van der Waals surface area (Å²) >= 11 is 5.07. The molecule has 1 saturated heterocycles. The molecule has 18 heavy (non-hydrogen) atoms. The lowest BCUT2D eigenvalue weighted by Crippen LogP contribution is -2.29. The molecule has 1 aromatic carbocycles. The monoisotopic (exact) mass is 266 g/mol. The number of rotatable bonds is 4. The number of hydrogen-bond acceptors (Lipinski definition) is 4. The number of nitrogens with one attached hydrogen (secondary N) is 1. The first kappa shape index (κ1) is 13.1. The van der Waals surface area contributed by atoms with E-state index >= 15 is 0 Å². The number of thiocarbonyl (C=S) groups is 1. The fourth-order valence-electron chi connectivity index (χ4n) is 2.05. The standard InChI is InChI=1S/C13H18N2O2S/c1-16-10-2-3-11(13(14)18)12(8-10)15-9-4-6-17-7-5-9/h2-3,8-9,15H,4-7H2,1H3,(H2,14,18). The van der Waals surface area contributed by atoms with Crippen LogP contribution in [0.2, 0.25) is 0 Å². The third-order valence-electron chi connectivity index (χ3n) is 3.07. The minimum Gasteiger partial charge on any atom is -0.497 e. The highest BCUT2D eigenvalue weighted by Crippen LogP contribution is 2.25. The lowest BCUT2D eigenvalue weighted by atomic mass is 10.1. The Kier molecular flexibility index (Phi) is 4.38. The second-order valence-electron chi connectivity index (χ2n) is 4.31. The first-order valence-corrected chi connectivity index (χ1v) is 6.43. The van der Waals surface area contributed by atoms with Gasteiger partial charge < -0.3 is 20.5 Å². The zero-order valence-electron chi connectivity index (χ0n) is 10.4. The number of nitrogens with two attached hydrogens (primary N) is 1. The van der Waals surface area contributed by atoms with Crippen LogP contribution in [0.1, 0.15) is 18.4 Å². The van der Waals surface area contributed by atoms with Gasteiger partial charge in [0.2, 0.25) is 0 Å². The summed E-state index contributed by atoms with van der Waals surface area (Å²) in [5, 5.41) is 3.48.